The summed E-state index contributed by atoms with van der Waals surface area (Å²) < 4.78 is 7.82. The summed E-state index contributed by atoms with van der Waals surface area (Å²) in [6.45, 7) is 1.52. The third kappa shape index (κ3) is 5.79. The van der Waals surface area contributed by atoms with E-state index in [1.807, 2.05) is 39.6 Å². The summed E-state index contributed by atoms with van der Waals surface area (Å²) in [7, 11) is 1.25. The number of thioether (sulfide) groups is 1. The number of pyridine rings is 1. The van der Waals surface area contributed by atoms with Gasteiger partial charge in [-0.3, -0.25) is 14.5 Å². The Morgan fingerprint density at radius 2 is 2.17 bits per heavy atom. The van der Waals surface area contributed by atoms with Crippen LogP contribution in [0.3, 0.4) is 0 Å². The van der Waals surface area contributed by atoms with Crippen molar-refractivity contribution in [3.8, 4) is 0 Å². The SMILES string of the molecule is CO/N=C(\C(=O)N[C@@H]1C(=O)N2C(C(=O)[O-])=C(C[n+]3ccn4c(NCCCN)cccc43)CS[C@H]12)c1nsc(N)n1.Cl. The molecule has 1 fully saturated rings. The predicted molar refractivity (Wildman–Crippen MR) is 152 cm³/mol. The highest BCUT2D eigenvalue weighted by Crippen LogP contribution is 2.40. The number of carbonyl (C=O) groups excluding carboxylic acids is 3. The van der Waals surface area contributed by atoms with E-state index in [1.54, 1.807) is 0 Å². The number of aliphatic carboxylic acids is 1. The molecular formula is C23H27ClN10O5S2. The number of oxime groups is 1. The number of aromatic nitrogens is 4. The van der Waals surface area contributed by atoms with Gasteiger partial charge in [-0.1, -0.05) is 5.16 Å². The molecule has 18 heteroatoms. The number of nitrogen functional groups attached to an aromatic ring is 1. The number of nitrogens with zero attached hydrogens (tertiary/aromatic N) is 6. The number of β-lactam (4-membered cyclic amide) rings is 1. The first-order valence-electron chi connectivity index (χ1n) is 12.2. The minimum atomic E-state index is -1.46. The van der Waals surface area contributed by atoms with Gasteiger partial charge in [0.25, 0.3) is 17.5 Å². The minimum absolute atomic E-state index is 0. The summed E-state index contributed by atoms with van der Waals surface area (Å²) in [5.41, 5.74) is 12.1. The molecule has 3 aromatic heterocycles. The number of nitrogens with one attached hydrogen (secondary N) is 2. The van der Waals surface area contributed by atoms with E-state index in [0.717, 1.165) is 34.3 Å². The zero-order valence-electron chi connectivity index (χ0n) is 21.7. The van der Waals surface area contributed by atoms with Crippen molar-refractivity contribution in [2.75, 3.05) is 37.0 Å². The Bertz CT molecular complexity index is 1540. The third-order valence-electron chi connectivity index (χ3n) is 6.32. The van der Waals surface area contributed by atoms with Crippen LogP contribution >= 0.6 is 35.7 Å². The molecule has 0 saturated carbocycles. The molecule has 5 rings (SSSR count). The molecular weight excluding hydrogens is 596 g/mol. The third-order valence-corrected chi connectivity index (χ3v) is 8.20. The Morgan fingerprint density at radius 3 is 2.85 bits per heavy atom. The van der Waals surface area contributed by atoms with E-state index in [0.29, 0.717) is 24.4 Å². The Morgan fingerprint density at radius 1 is 1.37 bits per heavy atom. The number of carboxylic acid groups (broad SMARTS) is 1. The average Bonchev–Trinajstić information content (AvgIpc) is 3.56. The van der Waals surface area contributed by atoms with Crippen molar-refractivity contribution in [3.05, 3.63) is 47.7 Å². The van der Waals surface area contributed by atoms with Gasteiger partial charge < -0.3 is 36.8 Å². The van der Waals surface area contributed by atoms with Crippen molar-refractivity contribution in [2.24, 2.45) is 10.9 Å². The smallest absolute Gasteiger partial charge is 0.288 e. The van der Waals surface area contributed by atoms with Gasteiger partial charge in [-0.2, -0.15) is 13.8 Å². The average molecular weight is 623 g/mol. The van der Waals surface area contributed by atoms with Crippen LogP contribution in [0.25, 0.3) is 5.65 Å². The number of fused-ring (bicyclic) bond motifs is 2. The monoisotopic (exact) mass is 622 g/mol. The van der Waals surface area contributed by atoms with Crippen molar-refractivity contribution < 1.29 is 28.9 Å². The molecule has 3 aromatic rings. The highest BCUT2D eigenvalue weighted by atomic mass is 35.5. The first-order valence-corrected chi connectivity index (χ1v) is 14.0. The summed E-state index contributed by atoms with van der Waals surface area (Å²) in [5, 5.41) is 21.3. The maximum Gasteiger partial charge on any atom is 0.288 e. The number of carboxylic acids is 1. The van der Waals surface area contributed by atoms with Crippen molar-refractivity contribution in [2.45, 2.75) is 24.4 Å². The summed E-state index contributed by atoms with van der Waals surface area (Å²) in [5.74, 6) is -1.66. The molecule has 2 aliphatic rings. The summed E-state index contributed by atoms with van der Waals surface area (Å²) in [6, 6.07) is 4.77. The normalized spacial score (nSPS) is 18.4. The van der Waals surface area contributed by atoms with Crippen molar-refractivity contribution in [1.82, 2.24) is 24.0 Å². The number of halogens is 1. The van der Waals surface area contributed by atoms with Gasteiger partial charge in [-0.25, -0.2) is 4.57 Å². The molecule has 2 amide bonds. The first-order chi connectivity index (χ1) is 19.3. The second-order valence-corrected chi connectivity index (χ2v) is 10.7. The number of imidazole rings is 1. The van der Waals surface area contributed by atoms with E-state index in [2.05, 4.69) is 25.1 Å². The number of hydrogen-bond acceptors (Lipinski definition) is 13. The zero-order valence-corrected chi connectivity index (χ0v) is 24.1. The zero-order chi connectivity index (χ0) is 28.4. The summed E-state index contributed by atoms with van der Waals surface area (Å²) in [6.07, 6.45) is 4.54. The molecule has 2 aliphatic heterocycles. The van der Waals surface area contributed by atoms with E-state index in [4.69, 9.17) is 16.3 Å². The molecule has 0 aliphatic carbocycles. The molecule has 2 atom stereocenters. The van der Waals surface area contributed by atoms with E-state index < -0.39 is 29.2 Å². The van der Waals surface area contributed by atoms with Crippen LogP contribution in [0.2, 0.25) is 0 Å². The maximum atomic E-state index is 13.1. The van der Waals surface area contributed by atoms with Crippen LogP contribution in [0.5, 0.6) is 0 Å². The molecule has 0 aromatic carbocycles. The van der Waals surface area contributed by atoms with Crippen LogP contribution in [0, 0.1) is 0 Å². The fraction of sp³-hybridized carbons (Fsp3) is 0.348. The minimum Gasteiger partial charge on any atom is -0.543 e. The standard InChI is InChI=1S/C23H26N10O5S2.ClH/c1-38-29-15(18-28-23(25)40-30-18)19(34)27-16-20(35)33-17(22(36)37)12(11-39-21(16)33)10-31-8-9-32-13(26-7-3-6-24)4-2-5-14(31)32;/h2,4-5,8-9,16,21H,3,6-7,10-11,24H2,1H3,(H4,25,27,28,30,34,36,37);1H/b29-15-;/t16-,21-;/m1./s1. The number of rotatable bonds is 11. The highest BCUT2D eigenvalue weighted by Gasteiger charge is 2.53. The van der Waals surface area contributed by atoms with Crippen LogP contribution in [-0.4, -0.2) is 79.5 Å². The van der Waals surface area contributed by atoms with E-state index in [1.165, 1.54) is 18.9 Å². The van der Waals surface area contributed by atoms with E-state index in [-0.39, 0.29) is 41.3 Å². The number of amides is 2. The van der Waals surface area contributed by atoms with Gasteiger partial charge in [0, 0.05) is 41.5 Å². The van der Waals surface area contributed by atoms with Gasteiger partial charge in [0.05, 0.1) is 11.7 Å². The number of anilines is 2. The molecule has 218 valence electrons. The second-order valence-electron chi connectivity index (χ2n) is 8.81. The fourth-order valence-corrected chi connectivity index (χ4v) is 6.30. The molecule has 0 bridgehead atoms. The van der Waals surface area contributed by atoms with Crippen LogP contribution in [-0.2, 0) is 25.8 Å². The highest BCUT2D eigenvalue weighted by molar-refractivity contribution is 8.00. The molecule has 0 unspecified atom stereocenters. The summed E-state index contributed by atoms with van der Waals surface area (Å²) in [4.78, 5) is 48.1. The molecule has 6 N–H and O–H groups in total. The lowest BCUT2D eigenvalue weighted by Gasteiger charge is -2.50. The van der Waals surface area contributed by atoms with Gasteiger partial charge in [0.1, 0.15) is 37.5 Å². The molecule has 15 nitrogen and oxygen atoms in total. The molecule has 1 saturated heterocycles. The van der Waals surface area contributed by atoms with Crippen LogP contribution in [0.1, 0.15) is 12.2 Å². The lowest BCUT2D eigenvalue weighted by Crippen LogP contribution is -2.71. The fourth-order valence-electron chi connectivity index (χ4n) is 4.53. The number of carbonyl (C=O) groups is 3. The largest absolute Gasteiger partial charge is 0.543 e. The quantitative estimate of drug-likeness (QED) is 0.0622. The first kappa shape index (κ1) is 30.0. The van der Waals surface area contributed by atoms with Gasteiger partial charge in [-0.15, -0.1) is 24.2 Å². The van der Waals surface area contributed by atoms with Gasteiger partial charge in [0.15, 0.2) is 10.9 Å². The van der Waals surface area contributed by atoms with E-state index in [9.17, 15) is 19.5 Å². The Hall–Kier alpha value is -3.93. The number of hydrogen-bond donors (Lipinski definition) is 4. The van der Waals surface area contributed by atoms with Gasteiger partial charge in [0.2, 0.25) is 11.5 Å². The van der Waals surface area contributed by atoms with Crippen molar-refractivity contribution in [1.29, 1.82) is 0 Å². The summed E-state index contributed by atoms with van der Waals surface area (Å²) >= 11 is 2.22. The second kappa shape index (κ2) is 12.7. The van der Waals surface area contributed by atoms with Crippen LogP contribution in [0.15, 0.2) is 47.0 Å². The maximum absolute atomic E-state index is 13.1. The molecule has 5 heterocycles. The Labute approximate surface area is 248 Å². The van der Waals surface area contributed by atoms with Crippen LogP contribution < -0.4 is 31.8 Å². The van der Waals surface area contributed by atoms with Gasteiger partial charge in [-0.05, 0) is 19.0 Å². The van der Waals surface area contributed by atoms with Crippen LogP contribution in [0.4, 0.5) is 10.9 Å². The number of nitrogens with two attached hydrogens (primary N) is 2. The molecule has 0 radical (unpaired) electrons. The molecule has 41 heavy (non-hydrogen) atoms. The molecule has 0 spiro atoms. The lowest BCUT2D eigenvalue weighted by atomic mass is 10.0. The van der Waals surface area contributed by atoms with E-state index >= 15 is 0 Å². The topological polar surface area (TPSA) is 209 Å². The predicted octanol–water partition coefficient (Wildman–Crippen LogP) is -1.70. The Balaban J connectivity index is 0.00000387. The van der Waals surface area contributed by atoms with Crippen molar-refractivity contribution >= 4 is 75.8 Å². The lowest BCUT2D eigenvalue weighted by molar-refractivity contribution is -0.662. The van der Waals surface area contributed by atoms with Gasteiger partial charge >= 0.3 is 0 Å². The van der Waals surface area contributed by atoms with Crippen molar-refractivity contribution in [3.63, 3.8) is 0 Å². The Kier molecular flexibility index (Phi) is 9.31.